The molecule has 1 aliphatic rings. The van der Waals surface area contributed by atoms with Crippen molar-refractivity contribution in [1.82, 2.24) is 0 Å². The average molecular weight is 322 g/mol. The quantitative estimate of drug-likeness (QED) is 0.542. The second-order valence-electron chi connectivity index (χ2n) is 6.21. The van der Waals surface area contributed by atoms with Crippen LogP contribution in [0.25, 0.3) is 0 Å². The monoisotopic (exact) mass is 322 g/mol. The van der Waals surface area contributed by atoms with Crippen LogP contribution in [-0.2, 0) is 11.4 Å². The van der Waals surface area contributed by atoms with Crippen molar-refractivity contribution in [2.45, 2.75) is 44.6 Å². The maximum Gasteiger partial charge on any atom is 0.145 e. The van der Waals surface area contributed by atoms with Gasteiger partial charge in [0.2, 0.25) is 0 Å². The molecule has 1 fully saturated rings. The van der Waals surface area contributed by atoms with E-state index < -0.39 is 0 Å². The lowest BCUT2D eigenvalue weighted by atomic mass is 9.82. The molecule has 125 valence electrons. The Morgan fingerprint density at radius 2 is 1.75 bits per heavy atom. The van der Waals surface area contributed by atoms with E-state index >= 15 is 0 Å². The molecule has 1 saturated carbocycles. The molecule has 0 aliphatic heterocycles. The van der Waals surface area contributed by atoms with E-state index in [1.54, 1.807) is 7.11 Å². The van der Waals surface area contributed by atoms with Gasteiger partial charge in [-0.05, 0) is 30.4 Å². The zero-order chi connectivity index (χ0) is 16.6. The summed E-state index contributed by atoms with van der Waals surface area (Å²) in [6, 6.07) is 16.2. The minimum absolute atomic E-state index is 0.378. The Balaban J connectivity index is 1.64. The van der Waals surface area contributed by atoms with Gasteiger partial charge in [-0.1, -0.05) is 66.9 Å². The molecule has 0 saturated heterocycles. The van der Waals surface area contributed by atoms with Crippen LogP contribution in [-0.4, -0.2) is 13.3 Å². The predicted molar refractivity (Wildman–Crippen MR) is 96.6 cm³/mol. The zero-order valence-corrected chi connectivity index (χ0v) is 14.2. The Morgan fingerprint density at radius 3 is 2.58 bits per heavy atom. The summed E-state index contributed by atoms with van der Waals surface area (Å²) in [6.07, 6.45) is 9.61. The third-order valence-corrected chi connectivity index (χ3v) is 4.65. The van der Waals surface area contributed by atoms with Gasteiger partial charge in [-0.3, -0.25) is 0 Å². The molecular formula is C21H24NO2. The summed E-state index contributed by atoms with van der Waals surface area (Å²) in [5.74, 6) is 1.45. The van der Waals surface area contributed by atoms with Crippen molar-refractivity contribution in [2.24, 2.45) is 5.16 Å². The van der Waals surface area contributed by atoms with Crippen LogP contribution in [0.1, 0.15) is 54.7 Å². The highest BCUT2D eigenvalue weighted by atomic mass is 16.6. The standard InChI is InChI=1S/C21H24NO2/c1-23-21-14-8-6-12-19(21)16-24-22-15-18-11-5-7-13-20(18)17-9-3-2-4-10-17/h5-8,11-14,17H,2-4,9-10,16H2,1H3. The molecular weight excluding hydrogens is 298 g/mol. The zero-order valence-electron chi connectivity index (χ0n) is 14.2. The van der Waals surface area contributed by atoms with Gasteiger partial charge in [0.25, 0.3) is 0 Å². The van der Waals surface area contributed by atoms with E-state index in [0.29, 0.717) is 12.5 Å². The molecule has 24 heavy (non-hydrogen) atoms. The summed E-state index contributed by atoms with van der Waals surface area (Å²) in [5.41, 5.74) is 3.37. The van der Waals surface area contributed by atoms with E-state index in [2.05, 4.69) is 29.6 Å². The summed E-state index contributed by atoms with van der Waals surface area (Å²) in [5, 5.41) is 4.06. The van der Waals surface area contributed by atoms with Crippen LogP contribution in [0.15, 0.2) is 53.7 Å². The van der Waals surface area contributed by atoms with E-state index in [0.717, 1.165) is 16.9 Å². The summed E-state index contributed by atoms with van der Waals surface area (Å²) in [6.45, 7) is 0.378. The molecule has 0 N–H and O–H groups in total. The van der Waals surface area contributed by atoms with Gasteiger partial charge in [0.05, 0.1) is 7.11 Å². The second-order valence-corrected chi connectivity index (χ2v) is 6.21. The lowest BCUT2D eigenvalue weighted by molar-refractivity contribution is 0.130. The van der Waals surface area contributed by atoms with Gasteiger partial charge >= 0.3 is 0 Å². The second kappa shape index (κ2) is 8.53. The first kappa shape index (κ1) is 16.6. The highest BCUT2D eigenvalue weighted by molar-refractivity contribution is 5.81. The van der Waals surface area contributed by atoms with E-state index in [-0.39, 0.29) is 0 Å². The van der Waals surface area contributed by atoms with Crippen LogP contribution in [0, 0.1) is 0 Å². The van der Waals surface area contributed by atoms with Gasteiger partial charge < -0.3 is 9.57 Å². The van der Waals surface area contributed by atoms with Crippen LogP contribution in [0.2, 0.25) is 0 Å². The number of para-hydroxylation sites is 1. The Morgan fingerprint density at radius 1 is 1.00 bits per heavy atom. The first-order valence-corrected chi connectivity index (χ1v) is 8.67. The topological polar surface area (TPSA) is 30.8 Å². The summed E-state index contributed by atoms with van der Waals surface area (Å²) in [4.78, 5) is 5.44. The molecule has 0 bridgehead atoms. The number of nitrogens with zero attached hydrogens (tertiary/aromatic N) is 1. The molecule has 0 spiro atoms. The number of hydrogen-bond donors (Lipinski definition) is 0. The number of ether oxygens (including phenoxy) is 1. The van der Waals surface area contributed by atoms with Crippen LogP contribution in [0.3, 0.4) is 0 Å². The Hall–Kier alpha value is -2.29. The molecule has 3 heteroatoms. The Kier molecular flexibility index (Phi) is 5.89. The molecule has 1 radical (unpaired) electrons. The molecule has 0 atom stereocenters. The highest BCUT2D eigenvalue weighted by Gasteiger charge is 2.17. The molecule has 3 nitrogen and oxygen atoms in total. The van der Waals surface area contributed by atoms with Crippen molar-refractivity contribution in [1.29, 1.82) is 0 Å². The molecule has 2 aromatic carbocycles. The van der Waals surface area contributed by atoms with E-state index in [1.165, 1.54) is 37.7 Å². The van der Waals surface area contributed by atoms with Crippen molar-refractivity contribution in [3.63, 3.8) is 0 Å². The summed E-state index contributed by atoms with van der Waals surface area (Å²) >= 11 is 0. The lowest BCUT2D eigenvalue weighted by Gasteiger charge is -2.23. The van der Waals surface area contributed by atoms with Gasteiger partial charge in [0.1, 0.15) is 18.6 Å². The van der Waals surface area contributed by atoms with Crippen molar-refractivity contribution >= 4 is 6.21 Å². The number of benzene rings is 2. The molecule has 0 amide bonds. The fraction of sp³-hybridized carbons (Fsp3) is 0.381. The van der Waals surface area contributed by atoms with E-state index in [4.69, 9.17) is 9.57 Å². The Labute approximate surface area is 144 Å². The van der Waals surface area contributed by atoms with Gasteiger partial charge in [-0.25, -0.2) is 0 Å². The average Bonchev–Trinajstić information content (AvgIpc) is 2.66. The summed E-state index contributed by atoms with van der Waals surface area (Å²) < 4.78 is 5.32. The van der Waals surface area contributed by atoms with Gasteiger partial charge in [0, 0.05) is 11.1 Å². The van der Waals surface area contributed by atoms with Gasteiger partial charge in [-0.15, -0.1) is 0 Å². The van der Waals surface area contributed by atoms with Crippen LogP contribution < -0.4 is 4.74 Å². The molecule has 0 heterocycles. The van der Waals surface area contributed by atoms with Gasteiger partial charge in [0.15, 0.2) is 0 Å². The van der Waals surface area contributed by atoms with Crippen LogP contribution in [0.4, 0.5) is 0 Å². The number of methoxy groups -OCH3 is 1. The smallest absolute Gasteiger partial charge is 0.145 e. The van der Waals surface area contributed by atoms with Crippen LogP contribution >= 0.6 is 0 Å². The minimum Gasteiger partial charge on any atom is -0.496 e. The predicted octanol–water partition coefficient (Wildman–Crippen LogP) is 5.17. The van der Waals surface area contributed by atoms with E-state index in [9.17, 15) is 0 Å². The summed E-state index contributed by atoms with van der Waals surface area (Å²) in [7, 11) is 1.66. The molecule has 3 rings (SSSR count). The molecule has 2 aromatic rings. The Bertz CT molecular complexity index is 675. The van der Waals surface area contributed by atoms with Crippen LogP contribution in [0.5, 0.6) is 5.75 Å². The van der Waals surface area contributed by atoms with Crippen molar-refractivity contribution in [2.75, 3.05) is 7.11 Å². The largest absolute Gasteiger partial charge is 0.496 e. The van der Waals surface area contributed by atoms with Crippen molar-refractivity contribution in [3.8, 4) is 5.75 Å². The van der Waals surface area contributed by atoms with Gasteiger partial charge in [-0.2, -0.15) is 0 Å². The van der Waals surface area contributed by atoms with E-state index in [1.807, 2.05) is 30.3 Å². The fourth-order valence-corrected chi connectivity index (χ4v) is 3.37. The third-order valence-electron chi connectivity index (χ3n) is 4.65. The molecule has 0 unspecified atom stereocenters. The normalized spacial score (nSPS) is 15.5. The van der Waals surface area contributed by atoms with Crippen molar-refractivity contribution < 1.29 is 9.57 Å². The first-order chi connectivity index (χ1) is 11.9. The number of hydrogen-bond acceptors (Lipinski definition) is 3. The maximum absolute atomic E-state index is 5.44. The fourth-order valence-electron chi connectivity index (χ4n) is 3.37. The first-order valence-electron chi connectivity index (χ1n) is 8.67. The number of rotatable bonds is 6. The van der Waals surface area contributed by atoms with Crippen molar-refractivity contribution in [3.05, 3.63) is 65.2 Å². The third kappa shape index (κ3) is 4.16. The minimum atomic E-state index is 0.378. The molecule has 1 aliphatic carbocycles. The molecule has 0 aromatic heterocycles. The highest BCUT2D eigenvalue weighted by Crippen LogP contribution is 2.33. The maximum atomic E-state index is 5.44. The SMILES string of the molecule is COc1ccccc1CO/N=[C]\c1ccccc1C1CCCCC1. The lowest BCUT2D eigenvalue weighted by Crippen LogP contribution is -2.07.